The van der Waals surface area contributed by atoms with E-state index in [1.807, 2.05) is 42.6 Å². The van der Waals surface area contributed by atoms with Crippen LogP contribution >= 0.6 is 0 Å². The number of carbonyl (C=O) groups excluding carboxylic acids is 1. The Morgan fingerprint density at radius 2 is 1.65 bits per heavy atom. The van der Waals surface area contributed by atoms with E-state index in [-0.39, 0.29) is 12.3 Å². The molecule has 37 heavy (non-hydrogen) atoms. The molecule has 6 rings (SSSR count). The van der Waals surface area contributed by atoms with Crippen molar-refractivity contribution in [2.75, 3.05) is 13.1 Å². The summed E-state index contributed by atoms with van der Waals surface area (Å²) in [6.07, 6.45) is 4.36. The van der Waals surface area contributed by atoms with E-state index >= 15 is 0 Å². The number of para-hydroxylation sites is 1. The lowest BCUT2D eigenvalue weighted by Gasteiger charge is -2.39. The number of hydrogen-bond donors (Lipinski definition) is 1. The lowest BCUT2D eigenvalue weighted by Crippen LogP contribution is -2.36. The fourth-order valence-corrected chi connectivity index (χ4v) is 5.98. The van der Waals surface area contributed by atoms with Crippen molar-refractivity contribution in [3.05, 3.63) is 114 Å². The van der Waals surface area contributed by atoms with Crippen LogP contribution in [0.3, 0.4) is 0 Å². The normalized spacial score (nSPS) is 17.5. The number of carbonyl (C=O) groups is 1. The number of fused-ring (bicyclic) bond motifs is 2. The van der Waals surface area contributed by atoms with Crippen molar-refractivity contribution >= 4 is 5.91 Å². The maximum atomic E-state index is 11.7. The monoisotopic (exact) mass is 489 g/mol. The molecule has 0 spiro atoms. The van der Waals surface area contributed by atoms with Crippen LogP contribution in [0.5, 0.6) is 11.5 Å². The Bertz CT molecular complexity index is 1410. The third-order valence-electron chi connectivity index (χ3n) is 7.73. The largest absolute Gasteiger partial charge is 0.457 e. The molecule has 5 nitrogen and oxygen atoms in total. The van der Waals surface area contributed by atoms with Gasteiger partial charge in [0.25, 0.3) is 0 Å². The van der Waals surface area contributed by atoms with E-state index in [0.717, 1.165) is 66.4 Å². The predicted molar refractivity (Wildman–Crippen MR) is 145 cm³/mol. The Hall–Kier alpha value is -3.96. The maximum absolute atomic E-state index is 11.7. The van der Waals surface area contributed by atoms with Crippen molar-refractivity contribution in [3.63, 3.8) is 0 Å². The summed E-state index contributed by atoms with van der Waals surface area (Å²) in [6.45, 7) is 3.03. The number of pyridine rings is 1. The number of aromatic nitrogens is 1. The maximum Gasteiger partial charge on any atom is 0.221 e. The molecule has 1 amide bonds. The Balaban J connectivity index is 1.29. The fourth-order valence-electron chi connectivity index (χ4n) is 5.98. The van der Waals surface area contributed by atoms with Gasteiger partial charge in [0.15, 0.2) is 0 Å². The van der Waals surface area contributed by atoms with E-state index < -0.39 is 0 Å². The number of primary amides is 1. The standard InChI is InChI=1S/C32H31N3O2/c33-31(36)20-23-7-1-2-9-26(23)24-12-13-28-30(19-24)37-29-11-4-3-10-27(29)32(28)22-14-17-35(18-15-22)21-25-8-5-6-16-34-25/h1-13,16,19,22,32H,14-15,17-18,20-21H2,(H2,33,36). The number of ether oxygens (including phenoxy) is 1. The van der Waals surface area contributed by atoms with Crippen LogP contribution in [0.25, 0.3) is 11.1 Å². The molecule has 186 valence electrons. The smallest absolute Gasteiger partial charge is 0.221 e. The predicted octanol–water partition coefficient (Wildman–Crippen LogP) is 5.93. The third-order valence-corrected chi connectivity index (χ3v) is 7.73. The summed E-state index contributed by atoms with van der Waals surface area (Å²) in [5.74, 6) is 2.36. The SMILES string of the molecule is NC(=O)Cc1ccccc1-c1ccc2c(c1)Oc1ccccc1C2C1CCN(Cc2ccccn2)CC1. The van der Waals surface area contributed by atoms with Crippen molar-refractivity contribution in [1.29, 1.82) is 0 Å². The highest BCUT2D eigenvalue weighted by Gasteiger charge is 2.35. The van der Waals surface area contributed by atoms with Crippen LogP contribution in [0, 0.1) is 5.92 Å². The van der Waals surface area contributed by atoms with Crippen molar-refractivity contribution in [3.8, 4) is 22.6 Å². The van der Waals surface area contributed by atoms with Crippen molar-refractivity contribution in [1.82, 2.24) is 9.88 Å². The Morgan fingerprint density at radius 3 is 2.46 bits per heavy atom. The summed E-state index contributed by atoms with van der Waals surface area (Å²) >= 11 is 0. The summed E-state index contributed by atoms with van der Waals surface area (Å²) in [7, 11) is 0. The lowest BCUT2D eigenvalue weighted by atomic mass is 9.74. The second-order valence-electron chi connectivity index (χ2n) is 10.1. The van der Waals surface area contributed by atoms with Gasteiger partial charge < -0.3 is 10.5 Å². The van der Waals surface area contributed by atoms with Gasteiger partial charge in [-0.2, -0.15) is 0 Å². The van der Waals surface area contributed by atoms with Gasteiger partial charge in [0.1, 0.15) is 11.5 Å². The molecule has 1 fully saturated rings. The zero-order valence-corrected chi connectivity index (χ0v) is 20.8. The van der Waals surface area contributed by atoms with Gasteiger partial charge in [0.05, 0.1) is 12.1 Å². The van der Waals surface area contributed by atoms with E-state index in [0.29, 0.717) is 11.8 Å². The molecule has 1 aromatic heterocycles. The van der Waals surface area contributed by atoms with E-state index in [1.54, 1.807) is 0 Å². The van der Waals surface area contributed by atoms with E-state index in [9.17, 15) is 4.79 Å². The number of amides is 1. The van der Waals surface area contributed by atoms with Crippen LogP contribution in [0.4, 0.5) is 0 Å². The number of piperidine rings is 1. The van der Waals surface area contributed by atoms with Crippen molar-refractivity contribution < 1.29 is 9.53 Å². The quantitative estimate of drug-likeness (QED) is 0.365. The molecule has 0 bridgehead atoms. The van der Waals surface area contributed by atoms with Crippen LogP contribution in [0.2, 0.25) is 0 Å². The van der Waals surface area contributed by atoms with Gasteiger partial charge in [-0.15, -0.1) is 0 Å². The molecule has 4 aromatic rings. The summed E-state index contributed by atoms with van der Waals surface area (Å²) < 4.78 is 6.47. The first-order chi connectivity index (χ1) is 18.2. The zero-order chi connectivity index (χ0) is 25.2. The minimum Gasteiger partial charge on any atom is -0.457 e. The van der Waals surface area contributed by atoms with E-state index in [2.05, 4.69) is 58.4 Å². The van der Waals surface area contributed by atoms with Crippen molar-refractivity contribution in [2.45, 2.75) is 31.7 Å². The molecule has 3 heterocycles. The highest BCUT2D eigenvalue weighted by Crippen LogP contribution is 2.50. The molecule has 5 heteroatoms. The van der Waals surface area contributed by atoms with Gasteiger partial charge in [0, 0.05) is 29.8 Å². The first-order valence-corrected chi connectivity index (χ1v) is 13.1. The molecular weight excluding hydrogens is 458 g/mol. The van der Waals surface area contributed by atoms with Crippen LogP contribution in [0.15, 0.2) is 91.1 Å². The van der Waals surface area contributed by atoms with Crippen LogP contribution < -0.4 is 10.5 Å². The highest BCUT2D eigenvalue weighted by molar-refractivity contribution is 5.81. The second-order valence-corrected chi connectivity index (χ2v) is 10.1. The van der Waals surface area contributed by atoms with Gasteiger partial charge in [-0.05, 0) is 72.8 Å². The summed E-state index contributed by atoms with van der Waals surface area (Å²) in [4.78, 5) is 18.7. The molecule has 1 unspecified atom stereocenters. The van der Waals surface area contributed by atoms with Gasteiger partial charge in [-0.3, -0.25) is 14.7 Å². The molecular formula is C32H31N3O2. The number of likely N-dealkylation sites (tertiary alicyclic amines) is 1. The molecule has 2 aliphatic rings. The average Bonchev–Trinajstić information content (AvgIpc) is 2.92. The minimum atomic E-state index is -0.329. The van der Waals surface area contributed by atoms with Crippen molar-refractivity contribution in [2.24, 2.45) is 11.7 Å². The highest BCUT2D eigenvalue weighted by atomic mass is 16.5. The van der Waals surface area contributed by atoms with Crippen LogP contribution in [0.1, 0.15) is 41.1 Å². The Kier molecular flexibility index (Phi) is 6.46. The third kappa shape index (κ3) is 4.87. The van der Waals surface area contributed by atoms with Gasteiger partial charge in [0.2, 0.25) is 5.91 Å². The summed E-state index contributed by atoms with van der Waals surface area (Å²) in [6, 6.07) is 29.1. The molecule has 2 aliphatic heterocycles. The van der Waals surface area contributed by atoms with Crippen LogP contribution in [-0.4, -0.2) is 28.9 Å². The minimum absolute atomic E-state index is 0.219. The molecule has 3 aromatic carbocycles. The van der Waals surface area contributed by atoms with Gasteiger partial charge in [-0.1, -0.05) is 60.7 Å². The van der Waals surface area contributed by atoms with E-state index in [1.165, 1.54) is 11.1 Å². The second kappa shape index (κ2) is 10.2. The first kappa shape index (κ1) is 23.4. The first-order valence-electron chi connectivity index (χ1n) is 13.1. The molecule has 1 saturated heterocycles. The number of benzene rings is 3. The lowest BCUT2D eigenvalue weighted by molar-refractivity contribution is -0.117. The molecule has 1 atom stereocenters. The number of hydrogen-bond acceptors (Lipinski definition) is 4. The average molecular weight is 490 g/mol. The van der Waals surface area contributed by atoms with Gasteiger partial charge in [-0.25, -0.2) is 0 Å². The van der Waals surface area contributed by atoms with Crippen LogP contribution in [-0.2, 0) is 17.8 Å². The van der Waals surface area contributed by atoms with Gasteiger partial charge >= 0.3 is 0 Å². The van der Waals surface area contributed by atoms with E-state index in [4.69, 9.17) is 10.5 Å². The molecule has 0 saturated carbocycles. The topological polar surface area (TPSA) is 68.5 Å². The Morgan fingerprint density at radius 1 is 0.892 bits per heavy atom. The number of nitrogens with two attached hydrogens (primary N) is 1. The molecule has 2 N–H and O–H groups in total. The Labute approximate surface area is 217 Å². The summed E-state index contributed by atoms with van der Waals surface area (Å²) in [5, 5.41) is 0. The molecule has 0 radical (unpaired) electrons. The number of rotatable bonds is 6. The fraction of sp³-hybridized carbons (Fsp3) is 0.250. The molecule has 0 aliphatic carbocycles. The number of nitrogens with zero attached hydrogens (tertiary/aromatic N) is 2. The zero-order valence-electron chi connectivity index (χ0n) is 20.8. The summed E-state index contributed by atoms with van der Waals surface area (Å²) in [5.41, 5.74) is 12.2.